The van der Waals surface area contributed by atoms with Crippen molar-refractivity contribution in [1.29, 1.82) is 0 Å². The van der Waals surface area contributed by atoms with Crippen LogP contribution >= 0.6 is 0 Å². The molecule has 0 aliphatic carbocycles. The zero-order valence-electron chi connectivity index (χ0n) is 18.7. The van der Waals surface area contributed by atoms with Crippen LogP contribution in [0.25, 0.3) is 44.1 Å². The lowest BCUT2D eigenvalue weighted by molar-refractivity contribution is 0.591. The predicted octanol–water partition coefficient (Wildman–Crippen LogP) is 8.03. The second-order valence-corrected chi connectivity index (χ2v) is 9.57. The Morgan fingerprint density at radius 1 is 0.562 bits per heavy atom. The van der Waals surface area contributed by atoms with Crippen molar-refractivity contribution in [1.82, 2.24) is 9.13 Å². The molecule has 2 heteroatoms. The number of benzene rings is 4. The van der Waals surface area contributed by atoms with Gasteiger partial charge in [0.05, 0.1) is 16.6 Å². The first kappa shape index (κ1) is 18.9. The Bertz CT molecular complexity index is 1580. The topological polar surface area (TPSA) is 9.86 Å². The summed E-state index contributed by atoms with van der Waals surface area (Å²) in [6.07, 6.45) is 2.19. The predicted molar refractivity (Wildman–Crippen MR) is 136 cm³/mol. The Balaban J connectivity index is 1.76. The molecule has 0 unspecified atom stereocenters. The lowest BCUT2D eigenvalue weighted by Gasteiger charge is -2.19. The van der Waals surface area contributed by atoms with E-state index in [1.807, 2.05) is 0 Å². The first-order valence-electron chi connectivity index (χ1n) is 11.2. The smallest absolute Gasteiger partial charge is 0.0635 e. The molecule has 0 bridgehead atoms. The highest BCUT2D eigenvalue weighted by Gasteiger charge is 2.20. The summed E-state index contributed by atoms with van der Waals surface area (Å²) < 4.78 is 4.71. The average Bonchev–Trinajstić information content (AvgIpc) is 3.38. The fourth-order valence-corrected chi connectivity index (χ4v) is 4.85. The number of hydrogen-bond acceptors (Lipinski definition) is 0. The molecule has 0 aliphatic heterocycles. The molecule has 156 valence electrons. The maximum atomic E-state index is 2.43. The Hall–Kier alpha value is -3.78. The summed E-state index contributed by atoms with van der Waals surface area (Å²) in [7, 11) is 0. The molecule has 0 radical (unpaired) electrons. The number of nitrogens with zero attached hydrogens (tertiary/aromatic N) is 2. The fourth-order valence-electron chi connectivity index (χ4n) is 4.85. The molecule has 0 saturated carbocycles. The summed E-state index contributed by atoms with van der Waals surface area (Å²) in [6, 6.07) is 35.1. The van der Waals surface area contributed by atoms with Crippen LogP contribution in [0.3, 0.4) is 0 Å². The first-order chi connectivity index (χ1) is 15.5. The summed E-state index contributed by atoms with van der Waals surface area (Å²) in [4.78, 5) is 0. The second-order valence-electron chi connectivity index (χ2n) is 9.57. The minimum Gasteiger partial charge on any atom is -0.316 e. The largest absolute Gasteiger partial charge is 0.316 e. The summed E-state index contributed by atoms with van der Waals surface area (Å²) in [6.45, 7) is 6.84. The van der Waals surface area contributed by atoms with Crippen LogP contribution in [0, 0.1) is 0 Å². The normalized spacial score (nSPS) is 12.2. The van der Waals surface area contributed by atoms with Crippen molar-refractivity contribution < 1.29 is 0 Å². The van der Waals surface area contributed by atoms with Gasteiger partial charge in [-0.05, 0) is 59.5 Å². The summed E-state index contributed by atoms with van der Waals surface area (Å²) >= 11 is 0. The van der Waals surface area contributed by atoms with E-state index in [2.05, 4.69) is 133 Å². The molecule has 0 amide bonds. The first-order valence-corrected chi connectivity index (χ1v) is 11.2. The van der Waals surface area contributed by atoms with Gasteiger partial charge in [0.2, 0.25) is 0 Å². The van der Waals surface area contributed by atoms with Crippen LogP contribution in [0.4, 0.5) is 0 Å². The van der Waals surface area contributed by atoms with Crippen LogP contribution in [-0.2, 0) is 5.41 Å². The van der Waals surface area contributed by atoms with Crippen molar-refractivity contribution in [2.24, 2.45) is 0 Å². The molecule has 2 heterocycles. The number of para-hydroxylation sites is 2. The van der Waals surface area contributed by atoms with Gasteiger partial charge in [0.25, 0.3) is 0 Å². The monoisotopic (exact) mass is 414 g/mol. The lowest BCUT2D eigenvalue weighted by Crippen LogP contribution is -2.10. The van der Waals surface area contributed by atoms with Gasteiger partial charge in [-0.2, -0.15) is 0 Å². The van der Waals surface area contributed by atoms with Crippen molar-refractivity contribution >= 4 is 32.7 Å². The minimum atomic E-state index is 0.107. The maximum absolute atomic E-state index is 2.43. The summed E-state index contributed by atoms with van der Waals surface area (Å²) in [5, 5.41) is 3.88. The molecule has 0 atom stereocenters. The highest BCUT2D eigenvalue weighted by Crippen LogP contribution is 2.39. The molecule has 2 aromatic heterocycles. The number of fused-ring (bicyclic) bond motifs is 5. The molecule has 0 N–H and O–H groups in total. The quantitative estimate of drug-likeness (QED) is 0.271. The van der Waals surface area contributed by atoms with E-state index in [1.165, 1.54) is 49.6 Å². The highest BCUT2D eigenvalue weighted by atomic mass is 15.0. The Morgan fingerprint density at radius 2 is 1.22 bits per heavy atom. The molecule has 0 spiro atoms. The van der Waals surface area contributed by atoms with Gasteiger partial charge in [0.1, 0.15) is 0 Å². The third-order valence-corrected chi connectivity index (χ3v) is 6.51. The molecule has 4 aromatic carbocycles. The van der Waals surface area contributed by atoms with Crippen LogP contribution in [0.15, 0.2) is 103 Å². The van der Waals surface area contributed by atoms with Crippen molar-refractivity contribution in [3.8, 4) is 11.4 Å². The Morgan fingerprint density at radius 3 is 1.91 bits per heavy atom. The van der Waals surface area contributed by atoms with E-state index >= 15 is 0 Å². The molecule has 32 heavy (non-hydrogen) atoms. The number of aromatic nitrogens is 2. The van der Waals surface area contributed by atoms with Crippen LogP contribution in [-0.4, -0.2) is 9.13 Å². The van der Waals surface area contributed by atoms with Crippen LogP contribution in [0.2, 0.25) is 0 Å². The van der Waals surface area contributed by atoms with Gasteiger partial charge < -0.3 is 9.13 Å². The SMILES string of the molecule is CC(C)(C)c1ccc2c(c1)c1ccc3c(ccn3-c3ccccc3)c1n2-c1ccccc1. The van der Waals surface area contributed by atoms with E-state index in [9.17, 15) is 0 Å². The third-order valence-electron chi connectivity index (χ3n) is 6.51. The zero-order chi connectivity index (χ0) is 21.9. The van der Waals surface area contributed by atoms with Crippen LogP contribution in [0.5, 0.6) is 0 Å². The van der Waals surface area contributed by atoms with Crippen molar-refractivity contribution in [2.75, 3.05) is 0 Å². The van der Waals surface area contributed by atoms with E-state index in [1.54, 1.807) is 0 Å². The number of rotatable bonds is 2. The second kappa shape index (κ2) is 6.86. The molecule has 6 rings (SSSR count). The Kier molecular flexibility index (Phi) is 4.06. The summed E-state index contributed by atoms with van der Waals surface area (Å²) in [5.41, 5.74) is 7.58. The van der Waals surface area contributed by atoms with Gasteiger partial charge in [-0.1, -0.05) is 69.3 Å². The highest BCUT2D eigenvalue weighted by molar-refractivity contribution is 6.18. The van der Waals surface area contributed by atoms with E-state index in [0.29, 0.717) is 0 Å². The lowest BCUT2D eigenvalue weighted by atomic mass is 9.86. The zero-order valence-corrected chi connectivity index (χ0v) is 18.7. The van der Waals surface area contributed by atoms with E-state index in [4.69, 9.17) is 0 Å². The van der Waals surface area contributed by atoms with Crippen molar-refractivity contribution in [2.45, 2.75) is 26.2 Å². The summed E-state index contributed by atoms with van der Waals surface area (Å²) in [5.74, 6) is 0. The van der Waals surface area contributed by atoms with E-state index in [0.717, 1.165) is 0 Å². The van der Waals surface area contributed by atoms with Crippen LogP contribution < -0.4 is 0 Å². The van der Waals surface area contributed by atoms with Crippen LogP contribution in [0.1, 0.15) is 26.3 Å². The van der Waals surface area contributed by atoms with Gasteiger partial charge in [0.15, 0.2) is 0 Å². The maximum Gasteiger partial charge on any atom is 0.0635 e. The molecule has 2 nitrogen and oxygen atoms in total. The van der Waals surface area contributed by atoms with Crippen molar-refractivity contribution in [3.63, 3.8) is 0 Å². The Labute approximate surface area is 188 Å². The molecule has 0 saturated heterocycles. The standard InChI is InChI=1S/C30H26N2/c1-30(2,3)21-14-16-28-26(20-21)24-15-17-27-25(18-19-31(27)22-10-6-4-7-11-22)29(24)32(28)23-12-8-5-9-13-23/h4-20H,1-3H3. The van der Waals surface area contributed by atoms with Gasteiger partial charge in [-0.3, -0.25) is 0 Å². The molecule has 6 aromatic rings. The molecular formula is C30H26N2. The average molecular weight is 415 g/mol. The fraction of sp³-hybridized carbons (Fsp3) is 0.133. The van der Waals surface area contributed by atoms with Gasteiger partial charge in [-0.25, -0.2) is 0 Å². The van der Waals surface area contributed by atoms with Gasteiger partial charge in [0, 0.05) is 33.7 Å². The third kappa shape index (κ3) is 2.80. The number of hydrogen-bond donors (Lipinski definition) is 0. The minimum absolute atomic E-state index is 0.107. The van der Waals surface area contributed by atoms with E-state index < -0.39 is 0 Å². The molecule has 0 aliphatic rings. The molecular weight excluding hydrogens is 388 g/mol. The van der Waals surface area contributed by atoms with Gasteiger partial charge >= 0.3 is 0 Å². The molecule has 0 fully saturated rings. The van der Waals surface area contributed by atoms with Crippen molar-refractivity contribution in [3.05, 3.63) is 109 Å². The van der Waals surface area contributed by atoms with Gasteiger partial charge in [-0.15, -0.1) is 0 Å². The van der Waals surface area contributed by atoms with E-state index in [-0.39, 0.29) is 5.41 Å².